The second-order valence-electron chi connectivity index (χ2n) is 10.5. The zero-order valence-corrected chi connectivity index (χ0v) is 26.9. The van der Waals surface area contributed by atoms with Gasteiger partial charge in [0.25, 0.3) is 11.8 Å². The number of hydrogen-bond acceptors (Lipinski definition) is 4. The molecule has 0 fully saturated rings. The molecule has 0 aliphatic rings. The largest absolute Gasteiger partial charge is 0.321 e. The Morgan fingerprint density at radius 1 is 0.739 bits per heavy atom. The van der Waals surface area contributed by atoms with E-state index >= 15 is 0 Å². The van der Waals surface area contributed by atoms with E-state index in [1.54, 1.807) is 65.2 Å². The molecule has 0 saturated heterocycles. The Balaban J connectivity index is 1.19. The molecule has 6 aromatic rings. The van der Waals surface area contributed by atoms with Crippen LogP contribution in [0.5, 0.6) is 0 Å². The number of nitrogens with zero attached hydrogens (tertiary/aromatic N) is 1. The molecule has 0 aliphatic carbocycles. The summed E-state index contributed by atoms with van der Waals surface area (Å²) in [6.07, 6.45) is 1.48. The molecular weight excluding hydrogens is 637 g/mol. The predicted molar refractivity (Wildman–Crippen MR) is 189 cm³/mol. The fourth-order valence-electron chi connectivity index (χ4n) is 5.14. The maximum atomic E-state index is 13.7. The molecule has 1 atom stereocenters. The lowest BCUT2D eigenvalue weighted by molar-refractivity contribution is -0.113. The quantitative estimate of drug-likeness (QED) is 0.126. The molecule has 0 saturated carbocycles. The first-order chi connectivity index (χ1) is 22.3. The lowest BCUT2D eigenvalue weighted by Gasteiger charge is -2.14. The van der Waals surface area contributed by atoms with E-state index in [-0.39, 0.29) is 21.9 Å². The minimum atomic E-state index is -0.546. The number of aromatic nitrogens is 1. The molecule has 228 valence electrons. The van der Waals surface area contributed by atoms with Crippen molar-refractivity contribution in [2.24, 2.45) is 0 Å². The number of para-hydroxylation sites is 2. The average Bonchev–Trinajstić information content (AvgIpc) is 3.41. The molecule has 2 N–H and O–H groups in total. The van der Waals surface area contributed by atoms with Gasteiger partial charge in [-0.2, -0.15) is 0 Å². The van der Waals surface area contributed by atoms with Crippen molar-refractivity contribution in [2.75, 3.05) is 5.32 Å². The molecule has 2 amide bonds. The van der Waals surface area contributed by atoms with E-state index in [4.69, 9.17) is 23.2 Å². The van der Waals surface area contributed by atoms with Crippen molar-refractivity contribution in [1.82, 2.24) is 9.88 Å². The van der Waals surface area contributed by atoms with Gasteiger partial charge in [-0.1, -0.05) is 89.9 Å². The summed E-state index contributed by atoms with van der Waals surface area (Å²) >= 11 is 14.0. The van der Waals surface area contributed by atoms with E-state index in [2.05, 4.69) is 10.6 Å². The van der Waals surface area contributed by atoms with E-state index in [1.807, 2.05) is 67.6 Å². The van der Waals surface area contributed by atoms with Crippen LogP contribution >= 0.6 is 35.0 Å². The number of amides is 2. The SMILES string of the molecule is CC(Sc1ccc(NC(=O)/C(=C/c2cccc(Cl)c2Cl)NC(=O)c2ccccc2)cc1)C(=O)n1c2ccccc2c2ccccc21. The van der Waals surface area contributed by atoms with Crippen molar-refractivity contribution in [1.29, 1.82) is 0 Å². The Morgan fingerprint density at radius 3 is 2.00 bits per heavy atom. The van der Waals surface area contributed by atoms with Crippen LogP contribution in [0.3, 0.4) is 0 Å². The summed E-state index contributed by atoms with van der Waals surface area (Å²) in [6.45, 7) is 1.89. The van der Waals surface area contributed by atoms with Crippen LogP contribution in [0.4, 0.5) is 5.69 Å². The number of carbonyl (C=O) groups excluding carboxylic acids is 3. The molecule has 6 rings (SSSR count). The Labute approximate surface area is 280 Å². The summed E-state index contributed by atoms with van der Waals surface area (Å²) in [5.74, 6) is -1.02. The molecule has 6 nitrogen and oxygen atoms in total. The van der Waals surface area contributed by atoms with Gasteiger partial charge in [0.05, 0.1) is 26.3 Å². The molecule has 0 bridgehead atoms. The van der Waals surface area contributed by atoms with Crippen LogP contribution in [0.1, 0.15) is 27.6 Å². The molecule has 0 spiro atoms. The summed E-state index contributed by atoms with van der Waals surface area (Å²) in [4.78, 5) is 41.0. The fraction of sp³-hybridized carbons (Fsp3) is 0.0541. The Hall–Kier alpha value is -4.82. The van der Waals surface area contributed by atoms with Crippen LogP contribution < -0.4 is 10.6 Å². The van der Waals surface area contributed by atoms with Gasteiger partial charge in [0.1, 0.15) is 5.70 Å². The van der Waals surface area contributed by atoms with E-state index in [0.717, 1.165) is 26.7 Å². The monoisotopic (exact) mass is 663 g/mol. The van der Waals surface area contributed by atoms with Crippen molar-refractivity contribution in [3.63, 3.8) is 0 Å². The summed E-state index contributed by atoms with van der Waals surface area (Å²) in [5.41, 5.74) is 3.11. The number of hydrogen-bond donors (Lipinski definition) is 2. The van der Waals surface area contributed by atoms with E-state index in [0.29, 0.717) is 21.8 Å². The topological polar surface area (TPSA) is 80.2 Å². The number of nitrogens with one attached hydrogen (secondary N) is 2. The van der Waals surface area contributed by atoms with Gasteiger partial charge in [0.2, 0.25) is 5.91 Å². The third-order valence-corrected chi connectivity index (χ3v) is 9.32. The zero-order valence-electron chi connectivity index (χ0n) is 24.5. The number of anilines is 1. The van der Waals surface area contributed by atoms with Crippen molar-refractivity contribution in [3.05, 3.63) is 148 Å². The third-order valence-electron chi connectivity index (χ3n) is 7.38. The van der Waals surface area contributed by atoms with Crippen LogP contribution in [0, 0.1) is 0 Å². The first kappa shape index (κ1) is 31.2. The van der Waals surface area contributed by atoms with Gasteiger partial charge in [-0.3, -0.25) is 19.0 Å². The first-order valence-corrected chi connectivity index (χ1v) is 16.1. The maximum absolute atomic E-state index is 13.7. The van der Waals surface area contributed by atoms with Crippen LogP contribution in [-0.2, 0) is 4.79 Å². The second-order valence-corrected chi connectivity index (χ2v) is 12.7. The summed E-state index contributed by atoms with van der Waals surface area (Å²) in [6, 6.07) is 36.6. The fourth-order valence-corrected chi connectivity index (χ4v) is 6.41. The van der Waals surface area contributed by atoms with E-state index in [9.17, 15) is 14.4 Å². The maximum Gasteiger partial charge on any atom is 0.272 e. The molecule has 9 heteroatoms. The highest BCUT2D eigenvalue weighted by molar-refractivity contribution is 8.00. The van der Waals surface area contributed by atoms with Crippen LogP contribution in [0.25, 0.3) is 27.9 Å². The number of carbonyl (C=O) groups is 3. The molecule has 1 aromatic heterocycles. The smallest absolute Gasteiger partial charge is 0.272 e. The van der Waals surface area contributed by atoms with Crippen LogP contribution in [0.2, 0.25) is 10.0 Å². The van der Waals surface area contributed by atoms with Gasteiger partial charge < -0.3 is 10.6 Å². The van der Waals surface area contributed by atoms with Gasteiger partial charge in [-0.05, 0) is 73.2 Å². The van der Waals surface area contributed by atoms with Gasteiger partial charge in [0.15, 0.2) is 0 Å². The molecular formula is C37H27Cl2N3O3S. The number of thioether (sulfide) groups is 1. The zero-order chi connectivity index (χ0) is 32.2. The van der Waals surface area contributed by atoms with Crippen molar-refractivity contribution >= 4 is 86.3 Å². The van der Waals surface area contributed by atoms with Crippen molar-refractivity contribution < 1.29 is 14.4 Å². The highest BCUT2D eigenvalue weighted by Gasteiger charge is 2.22. The number of rotatable bonds is 8. The standard InChI is InChI=1S/C37H27Cl2N3O3S/c1-23(37(45)42-32-16-7-5-13-28(32)29-14-6-8-17-33(29)42)46-27-20-18-26(19-21-27)40-36(44)31(22-25-12-9-15-30(38)34(25)39)41-35(43)24-10-3-2-4-11-24/h2-23H,1H3,(H,40,44)(H,41,43)/b31-22-. The van der Waals surface area contributed by atoms with E-state index in [1.165, 1.54) is 17.8 Å². The highest BCUT2D eigenvalue weighted by Crippen LogP contribution is 2.32. The molecule has 46 heavy (non-hydrogen) atoms. The Bertz CT molecular complexity index is 2070. The Morgan fingerprint density at radius 2 is 1.35 bits per heavy atom. The summed E-state index contributed by atoms with van der Waals surface area (Å²) in [5, 5.41) is 7.81. The number of halogens is 2. The Kier molecular flexibility index (Phi) is 9.26. The molecule has 1 unspecified atom stereocenters. The van der Waals surface area contributed by atoms with Gasteiger partial charge in [-0.25, -0.2) is 0 Å². The molecule has 5 aromatic carbocycles. The minimum Gasteiger partial charge on any atom is -0.321 e. The van der Waals surface area contributed by atoms with Crippen LogP contribution in [0.15, 0.2) is 132 Å². The van der Waals surface area contributed by atoms with E-state index < -0.39 is 11.8 Å². The average molecular weight is 665 g/mol. The predicted octanol–water partition coefficient (Wildman–Crippen LogP) is 9.33. The minimum absolute atomic E-state index is 0.0122. The third kappa shape index (κ3) is 6.58. The highest BCUT2D eigenvalue weighted by atomic mass is 35.5. The number of fused-ring (bicyclic) bond motifs is 3. The second kappa shape index (κ2) is 13.7. The molecule has 0 radical (unpaired) electrons. The molecule has 1 heterocycles. The van der Waals surface area contributed by atoms with Crippen molar-refractivity contribution in [3.8, 4) is 0 Å². The van der Waals surface area contributed by atoms with Crippen LogP contribution in [-0.4, -0.2) is 27.5 Å². The summed E-state index contributed by atoms with van der Waals surface area (Å²) < 4.78 is 1.79. The first-order valence-electron chi connectivity index (χ1n) is 14.4. The van der Waals surface area contributed by atoms with Gasteiger partial charge in [0, 0.05) is 26.9 Å². The lowest BCUT2D eigenvalue weighted by Crippen LogP contribution is -2.30. The normalized spacial score (nSPS) is 12.2. The van der Waals surface area contributed by atoms with Gasteiger partial charge >= 0.3 is 0 Å². The van der Waals surface area contributed by atoms with Crippen molar-refractivity contribution in [2.45, 2.75) is 17.1 Å². The molecule has 0 aliphatic heterocycles. The van der Waals surface area contributed by atoms with Gasteiger partial charge in [-0.15, -0.1) is 11.8 Å². The summed E-state index contributed by atoms with van der Waals surface area (Å²) in [7, 11) is 0. The lowest BCUT2D eigenvalue weighted by atomic mass is 10.1. The number of benzene rings is 5.